The van der Waals surface area contributed by atoms with Crippen molar-refractivity contribution in [2.75, 3.05) is 19.6 Å². The van der Waals surface area contributed by atoms with Gasteiger partial charge in [0.05, 0.1) is 12.6 Å². The van der Waals surface area contributed by atoms with Gasteiger partial charge in [-0.2, -0.15) is 0 Å². The average Bonchev–Trinajstić information content (AvgIpc) is 2.04. The summed E-state index contributed by atoms with van der Waals surface area (Å²) in [5.41, 5.74) is 0. The van der Waals surface area contributed by atoms with E-state index in [9.17, 15) is 4.79 Å². The maximum Gasteiger partial charge on any atom is 0.233 e. The zero-order valence-corrected chi connectivity index (χ0v) is 7.76. The number of aliphatic hydroxyl groups excluding tert-OH is 1. The van der Waals surface area contributed by atoms with Crippen LogP contribution in [0.5, 0.6) is 0 Å². The second kappa shape index (κ2) is 7.06. The van der Waals surface area contributed by atoms with E-state index < -0.39 is 0 Å². The van der Waals surface area contributed by atoms with Crippen molar-refractivity contribution in [2.24, 2.45) is 0 Å². The predicted octanol–water partition coefficient (Wildman–Crippen LogP) is -0.517. The molecule has 0 rings (SSSR count). The third-order valence-electron chi connectivity index (χ3n) is 1.51. The molecule has 0 aliphatic heterocycles. The van der Waals surface area contributed by atoms with Crippen LogP contribution in [-0.2, 0) is 4.79 Å². The number of aliphatic hydroxyl groups is 1. The highest BCUT2D eigenvalue weighted by molar-refractivity contribution is 5.77. The molecule has 0 saturated carbocycles. The van der Waals surface area contributed by atoms with E-state index in [0.717, 1.165) is 0 Å². The molecule has 72 valence electrons. The van der Waals surface area contributed by atoms with Crippen LogP contribution in [0.2, 0.25) is 0 Å². The van der Waals surface area contributed by atoms with E-state index >= 15 is 0 Å². The first-order valence-corrected chi connectivity index (χ1v) is 4.36. The number of likely N-dealkylation sites (N-methyl/N-ethyl adjacent to an activating group) is 1. The number of rotatable bonds is 6. The Morgan fingerprint density at radius 2 is 2.17 bits per heavy atom. The van der Waals surface area contributed by atoms with Gasteiger partial charge in [-0.25, -0.2) is 0 Å². The minimum absolute atomic E-state index is 0.0270. The number of carbonyl (C=O) groups excluding carboxylic acids is 1. The van der Waals surface area contributed by atoms with E-state index in [1.807, 2.05) is 13.8 Å². The molecule has 4 nitrogen and oxygen atoms in total. The molecule has 0 bridgehead atoms. The molecule has 0 saturated heterocycles. The molecule has 0 heterocycles. The molecule has 1 unspecified atom stereocenters. The summed E-state index contributed by atoms with van der Waals surface area (Å²) < 4.78 is 0. The van der Waals surface area contributed by atoms with Gasteiger partial charge in [-0.1, -0.05) is 6.92 Å². The standard InChI is InChI=1S/C8H18N2O2/c1-3-7(11)5-9-6-8(12)10-4-2/h7,9,11H,3-6H2,1-2H3,(H,10,12). The Bertz CT molecular complexity index is 128. The monoisotopic (exact) mass is 174 g/mol. The number of amides is 1. The molecule has 0 fully saturated rings. The van der Waals surface area contributed by atoms with Crippen molar-refractivity contribution in [1.29, 1.82) is 0 Å². The van der Waals surface area contributed by atoms with Crippen LogP contribution in [0.1, 0.15) is 20.3 Å². The lowest BCUT2D eigenvalue weighted by Crippen LogP contribution is -2.36. The van der Waals surface area contributed by atoms with Gasteiger partial charge in [0.25, 0.3) is 0 Å². The fourth-order valence-corrected chi connectivity index (χ4v) is 0.756. The smallest absolute Gasteiger partial charge is 0.233 e. The van der Waals surface area contributed by atoms with Gasteiger partial charge < -0.3 is 15.7 Å². The van der Waals surface area contributed by atoms with Gasteiger partial charge in [0, 0.05) is 13.1 Å². The number of hydrogen-bond acceptors (Lipinski definition) is 3. The Balaban J connectivity index is 3.24. The number of nitrogens with one attached hydrogen (secondary N) is 2. The van der Waals surface area contributed by atoms with Gasteiger partial charge in [0.15, 0.2) is 0 Å². The van der Waals surface area contributed by atoms with Crippen LogP contribution in [-0.4, -0.2) is 36.8 Å². The summed E-state index contributed by atoms with van der Waals surface area (Å²) in [7, 11) is 0. The maximum atomic E-state index is 10.9. The van der Waals surface area contributed by atoms with Crippen molar-refractivity contribution in [3.8, 4) is 0 Å². The Morgan fingerprint density at radius 3 is 2.67 bits per heavy atom. The van der Waals surface area contributed by atoms with Crippen molar-refractivity contribution < 1.29 is 9.90 Å². The molecule has 0 aromatic carbocycles. The summed E-state index contributed by atoms with van der Waals surface area (Å²) in [6.45, 7) is 5.19. The summed E-state index contributed by atoms with van der Waals surface area (Å²) in [5, 5.41) is 14.6. The molecule has 1 amide bonds. The first-order chi connectivity index (χ1) is 5.70. The lowest BCUT2D eigenvalue weighted by molar-refractivity contribution is -0.120. The van der Waals surface area contributed by atoms with Crippen LogP contribution in [0.4, 0.5) is 0 Å². The molecule has 0 spiro atoms. The van der Waals surface area contributed by atoms with E-state index in [2.05, 4.69) is 10.6 Å². The van der Waals surface area contributed by atoms with E-state index in [0.29, 0.717) is 19.5 Å². The normalized spacial score (nSPS) is 12.6. The molecule has 3 N–H and O–H groups in total. The van der Waals surface area contributed by atoms with E-state index in [1.54, 1.807) is 0 Å². The minimum Gasteiger partial charge on any atom is -0.392 e. The van der Waals surface area contributed by atoms with Crippen molar-refractivity contribution in [1.82, 2.24) is 10.6 Å². The Labute approximate surface area is 73.3 Å². The largest absolute Gasteiger partial charge is 0.392 e. The fourth-order valence-electron chi connectivity index (χ4n) is 0.756. The summed E-state index contributed by atoms with van der Waals surface area (Å²) in [4.78, 5) is 10.9. The zero-order chi connectivity index (χ0) is 9.40. The highest BCUT2D eigenvalue weighted by Crippen LogP contribution is 1.85. The lowest BCUT2D eigenvalue weighted by Gasteiger charge is -2.08. The second-order valence-electron chi connectivity index (χ2n) is 2.65. The van der Waals surface area contributed by atoms with Crippen LogP contribution >= 0.6 is 0 Å². The molecule has 0 radical (unpaired) electrons. The van der Waals surface area contributed by atoms with E-state index in [-0.39, 0.29) is 18.6 Å². The van der Waals surface area contributed by atoms with Crippen LogP contribution in [0, 0.1) is 0 Å². The van der Waals surface area contributed by atoms with E-state index in [1.165, 1.54) is 0 Å². The topological polar surface area (TPSA) is 61.4 Å². The second-order valence-corrected chi connectivity index (χ2v) is 2.65. The van der Waals surface area contributed by atoms with Gasteiger partial charge in [-0.15, -0.1) is 0 Å². The zero-order valence-electron chi connectivity index (χ0n) is 7.76. The van der Waals surface area contributed by atoms with E-state index in [4.69, 9.17) is 5.11 Å². The molecule has 4 heteroatoms. The van der Waals surface area contributed by atoms with Gasteiger partial charge >= 0.3 is 0 Å². The highest BCUT2D eigenvalue weighted by atomic mass is 16.3. The lowest BCUT2D eigenvalue weighted by atomic mass is 10.3. The third-order valence-corrected chi connectivity index (χ3v) is 1.51. The first kappa shape index (κ1) is 11.4. The van der Waals surface area contributed by atoms with Crippen LogP contribution < -0.4 is 10.6 Å². The van der Waals surface area contributed by atoms with Crippen molar-refractivity contribution in [2.45, 2.75) is 26.4 Å². The molecular formula is C8H18N2O2. The van der Waals surface area contributed by atoms with Crippen molar-refractivity contribution in [3.05, 3.63) is 0 Å². The Kier molecular flexibility index (Phi) is 6.70. The first-order valence-electron chi connectivity index (χ1n) is 4.36. The Morgan fingerprint density at radius 1 is 1.50 bits per heavy atom. The van der Waals surface area contributed by atoms with Gasteiger partial charge in [0.1, 0.15) is 0 Å². The van der Waals surface area contributed by atoms with Crippen LogP contribution in [0.15, 0.2) is 0 Å². The molecule has 0 aromatic rings. The summed E-state index contributed by atoms with van der Waals surface area (Å²) in [5.74, 6) is -0.0270. The minimum atomic E-state index is -0.348. The van der Waals surface area contributed by atoms with Crippen LogP contribution in [0.25, 0.3) is 0 Å². The molecule has 0 aliphatic carbocycles. The van der Waals surface area contributed by atoms with Crippen molar-refractivity contribution in [3.63, 3.8) is 0 Å². The summed E-state index contributed by atoms with van der Waals surface area (Å²) >= 11 is 0. The van der Waals surface area contributed by atoms with Crippen molar-refractivity contribution >= 4 is 5.91 Å². The molecule has 12 heavy (non-hydrogen) atoms. The molecular weight excluding hydrogens is 156 g/mol. The summed E-state index contributed by atoms with van der Waals surface area (Å²) in [6.07, 6.45) is 0.363. The van der Waals surface area contributed by atoms with Gasteiger partial charge in [0.2, 0.25) is 5.91 Å². The SMILES string of the molecule is CCNC(=O)CNCC(O)CC. The van der Waals surface area contributed by atoms with Crippen LogP contribution in [0.3, 0.4) is 0 Å². The number of carbonyl (C=O) groups is 1. The van der Waals surface area contributed by atoms with Gasteiger partial charge in [-0.3, -0.25) is 4.79 Å². The maximum absolute atomic E-state index is 10.9. The number of hydrogen-bond donors (Lipinski definition) is 3. The molecule has 0 aliphatic rings. The average molecular weight is 174 g/mol. The molecule has 0 aromatic heterocycles. The Hall–Kier alpha value is -0.610. The quantitative estimate of drug-likeness (QED) is 0.508. The highest BCUT2D eigenvalue weighted by Gasteiger charge is 2.01. The van der Waals surface area contributed by atoms with Gasteiger partial charge in [-0.05, 0) is 13.3 Å². The third kappa shape index (κ3) is 6.12. The molecule has 1 atom stereocenters. The fraction of sp³-hybridized carbons (Fsp3) is 0.875. The predicted molar refractivity (Wildman–Crippen MR) is 47.9 cm³/mol. The summed E-state index contributed by atoms with van der Waals surface area (Å²) in [6, 6.07) is 0.